The second kappa shape index (κ2) is 5.20. The first kappa shape index (κ1) is 17.7. The average molecular weight is 338 g/mol. The lowest BCUT2D eigenvalue weighted by Crippen LogP contribution is -2.65. The minimum atomic E-state index is -1.13. The van der Waals surface area contributed by atoms with E-state index in [1.165, 1.54) is 0 Å². The van der Waals surface area contributed by atoms with E-state index in [9.17, 15) is 19.8 Å². The van der Waals surface area contributed by atoms with Crippen molar-refractivity contribution in [2.75, 3.05) is 0 Å². The van der Waals surface area contributed by atoms with Crippen molar-refractivity contribution < 1.29 is 24.5 Å². The van der Waals surface area contributed by atoms with Crippen molar-refractivity contribution in [3.8, 4) is 0 Å². The highest BCUT2D eigenvalue weighted by Crippen LogP contribution is 2.65. The van der Waals surface area contributed by atoms with Gasteiger partial charge in [0.2, 0.25) is 0 Å². The Kier molecular flexibility index (Phi) is 3.84. The Labute approximate surface area is 143 Å². The predicted octanol–water partition coefficient (Wildman–Crippen LogP) is 3.71. The average Bonchev–Trinajstić information content (AvgIpc) is 2.45. The first-order valence-corrected chi connectivity index (χ1v) is 9.15. The number of aliphatic carboxylic acids is 2. The molecule has 0 spiro atoms. The lowest BCUT2D eigenvalue weighted by Gasteiger charge is -2.64. The second-order valence-electron chi connectivity index (χ2n) is 9.22. The standard InChI is InChI=1S/C19H30O5/c1-16-8-5-9-17(2,14(20)21)12(16)6-10-18(3)13(16)7-11-19(4,24-18)15(22)23/h12-13H,5-11H2,1-4H3,(H,20,21)(H,22,23). The van der Waals surface area contributed by atoms with Gasteiger partial charge < -0.3 is 14.9 Å². The molecule has 5 nitrogen and oxygen atoms in total. The van der Waals surface area contributed by atoms with Crippen molar-refractivity contribution in [3.05, 3.63) is 0 Å². The zero-order chi connectivity index (χ0) is 18.0. The number of ether oxygens (including phenoxy) is 1. The number of carboxylic acid groups (broad SMARTS) is 2. The van der Waals surface area contributed by atoms with Crippen LogP contribution < -0.4 is 0 Å². The monoisotopic (exact) mass is 338 g/mol. The molecule has 0 radical (unpaired) electrons. The Morgan fingerprint density at radius 3 is 2.08 bits per heavy atom. The van der Waals surface area contributed by atoms with Crippen molar-refractivity contribution in [1.82, 2.24) is 0 Å². The molecular formula is C19H30O5. The number of carboxylic acids is 2. The Morgan fingerprint density at radius 2 is 1.50 bits per heavy atom. The van der Waals surface area contributed by atoms with Gasteiger partial charge in [-0.1, -0.05) is 13.3 Å². The van der Waals surface area contributed by atoms with E-state index in [0.29, 0.717) is 6.42 Å². The molecular weight excluding hydrogens is 308 g/mol. The van der Waals surface area contributed by atoms with Gasteiger partial charge in [0, 0.05) is 0 Å². The summed E-state index contributed by atoms with van der Waals surface area (Å²) in [6.45, 7) is 7.86. The van der Waals surface area contributed by atoms with E-state index < -0.39 is 28.6 Å². The van der Waals surface area contributed by atoms with Gasteiger partial charge in [-0.2, -0.15) is 0 Å². The van der Waals surface area contributed by atoms with Gasteiger partial charge in [-0.3, -0.25) is 4.79 Å². The third-order valence-corrected chi connectivity index (χ3v) is 7.75. The summed E-state index contributed by atoms with van der Waals surface area (Å²) in [5.74, 6) is -1.23. The van der Waals surface area contributed by atoms with Crippen LogP contribution in [0.4, 0.5) is 0 Å². The van der Waals surface area contributed by atoms with Crippen LogP contribution in [0.3, 0.4) is 0 Å². The lowest BCUT2D eigenvalue weighted by atomic mass is 9.44. The van der Waals surface area contributed by atoms with Crippen molar-refractivity contribution in [3.63, 3.8) is 0 Å². The molecule has 3 fully saturated rings. The molecule has 0 bridgehead atoms. The summed E-state index contributed by atoms with van der Waals surface area (Å²) in [7, 11) is 0. The molecule has 1 saturated heterocycles. The van der Waals surface area contributed by atoms with Gasteiger partial charge in [-0.25, -0.2) is 4.79 Å². The molecule has 2 aliphatic carbocycles. The molecule has 0 aromatic carbocycles. The fourth-order valence-corrected chi connectivity index (χ4v) is 6.43. The summed E-state index contributed by atoms with van der Waals surface area (Å²) in [5, 5.41) is 19.4. The molecule has 3 aliphatic rings. The van der Waals surface area contributed by atoms with Gasteiger partial charge in [0.05, 0.1) is 11.0 Å². The number of hydrogen-bond donors (Lipinski definition) is 2. The number of rotatable bonds is 2. The van der Waals surface area contributed by atoms with E-state index in [2.05, 4.69) is 6.92 Å². The molecule has 0 aromatic heterocycles. The van der Waals surface area contributed by atoms with Gasteiger partial charge in [-0.05, 0) is 76.5 Å². The molecule has 6 unspecified atom stereocenters. The van der Waals surface area contributed by atoms with Gasteiger partial charge in [0.15, 0.2) is 5.60 Å². The van der Waals surface area contributed by atoms with Crippen LogP contribution in [0, 0.1) is 22.7 Å². The first-order valence-electron chi connectivity index (χ1n) is 9.15. The van der Waals surface area contributed by atoms with Gasteiger partial charge in [0.1, 0.15) is 0 Å². The van der Waals surface area contributed by atoms with Crippen LogP contribution in [0.5, 0.6) is 0 Å². The van der Waals surface area contributed by atoms with E-state index in [1.807, 2.05) is 13.8 Å². The van der Waals surface area contributed by atoms with Gasteiger partial charge in [-0.15, -0.1) is 0 Å². The fourth-order valence-electron chi connectivity index (χ4n) is 6.43. The predicted molar refractivity (Wildman–Crippen MR) is 88.7 cm³/mol. The topological polar surface area (TPSA) is 83.8 Å². The van der Waals surface area contributed by atoms with E-state index in [1.54, 1.807) is 6.92 Å². The maximum atomic E-state index is 12.0. The molecule has 6 atom stereocenters. The minimum Gasteiger partial charge on any atom is -0.481 e. The quantitative estimate of drug-likeness (QED) is 0.802. The normalized spacial score (nSPS) is 51.3. The zero-order valence-corrected chi connectivity index (χ0v) is 15.2. The molecule has 3 rings (SSSR count). The maximum absolute atomic E-state index is 12.0. The fraction of sp³-hybridized carbons (Fsp3) is 0.895. The zero-order valence-electron chi connectivity index (χ0n) is 15.2. The summed E-state index contributed by atoms with van der Waals surface area (Å²) < 4.78 is 6.22. The lowest BCUT2D eigenvalue weighted by molar-refractivity contribution is -0.266. The van der Waals surface area contributed by atoms with Crippen molar-refractivity contribution >= 4 is 11.9 Å². The minimum absolute atomic E-state index is 0.0990. The maximum Gasteiger partial charge on any atom is 0.335 e. The van der Waals surface area contributed by atoms with Gasteiger partial charge >= 0.3 is 11.9 Å². The van der Waals surface area contributed by atoms with Crippen LogP contribution in [0.1, 0.15) is 72.6 Å². The summed E-state index contributed by atoms with van der Waals surface area (Å²) in [5.41, 5.74) is -2.38. The number of carbonyl (C=O) groups is 2. The second-order valence-corrected chi connectivity index (χ2v) is 9.22. The highest BCUT2D eigenvalue weighted by molar-refractivity contribution is 5.77. The van der Waals surface area contributed by atoms with E-state index in [0.717, 1.165) is 38.5 Å². The highest BCUT2D eigenvalue weighted by Gasteiger charge is 2.64. The Balaban J connectivity index is 1.97. The molecule has 136 valence electrons. The van der Waals surface area contributed by atoms with Crippen molar-refractivity contribution in [2.45, 2.75) is 83.8 Å². The first-order chi connectivity index (χ1) is 11.0. The highest BCUT2D eigenvalue weighted by atomic mass is 16.5. The van der Waals surface area contributed by atoms with Crippen LogP contribution in [0.2, 0.25) is 0 Å². The molecule has 24 heavy (non-hydrogen) atoms. The van der Waals surface area contributed by atoms with E-state index >= 15 is 0 Å². The van der Waals surface area contributed by atoms with Crippen LogP contribution in [0.15, 0.2) is 0 Å². The SMILES string of the molecule is CC1(C(=O)O)CCC2C(C)(CCC3C(C)(C(=O)O)CCCC23C)O1. The van der Waals surface area contributed by atoms with E-state index in [-0.39, 0.29) is 17.3 Å². The Hall–Kier alpha value is -1.10. The number of fused-ring (bicyclic) bond motifs is 3. The number of hydrogen-bond acceptors (Lipinski definition) is 3. The van der Waals surface area contributed by atoms with Crippen molar-refractivity contribution in [1.29, 1.82) is 0 Å². The van der Waals surface area contributed by atoms with Crippen LogP contribution >= 0.6 is 0 Å². The largest absolute Gasteiger partial charge is 0.481 e. The third-order valence-electron chi connectivity index (χ3n) is 7.75. The molecule has 5 heteroatoms. The smallest absolute Gasteiger partial charge is 0.335 e. The summed E-state index contributed by atoms with van der Waals surface area (Å²) in [6, 6.07) is 0. The van der Waals surface area contributed by atoms with Gasteiger partial charge in [0.25, 0.3) is 0 Å². The molecule has 1 heterocycles. The van der Waals surface area contributed by atoms with Crippen LogP contribution in [0.25, 0.3) is 0 Å². The molecule has 2 N–H and O–H groups in total. The van der Waals surface area contributed by atoms with Crippen LogP contribution in [-0.4, -0.2) is 33.4 Å². The van der Waals surface area contributed by atoms with Crippen LogP contribution in [-0.2, 0) is 14.3 Å². The Bertz CT molecular complexity index is 574. The summed E-state index contributed by atoms with van der Waals surface area (Å²) in [4.78, 5) is 23.6. The van der Waals surface area contributed by atoms with Crippen molar-refractivity contribution in [2.24, 2.45) is 22.7 Å². The summed E-state index contributed by atoms with van der Waals surface area (Å²) in [6.07, 6.45) is 5.48. The third kappa shape index (κ3) is 2.23. The molecule has 0 aromatic rings. The summed E-state index contributed by atoms with van der Waals surface area (Å²) >= 11 is 0. The molecule has 2 saturated carbocycles. The molecule has 0 amide bonds. The van der Waals surface area contributed by atoms with E-state index in [4.69, 9.17) is 4.74 Å². The Morgan fingerprint density at radius 1 is 0.875 bits per heavy atom. The molecule has 1 aliphatic heterocycles.